The number of nitrogens with one attached hydrogen (secondary N) is 1. The molecular formula is C16H25NO13. The summed E-state index contributed by atoms with van der Waals surface area (Å²) in [5.41, 5.74) is 0. The van der Waals surface area contributed by atoms with E-state index >= 15 is 0 Å². The Labute approximate surface area is 169 Å². The normalized spacial score (nSPS) is 41.7. The summed E-state index contributed by atoms with van der Waals surface area (Å²) in [7, 11) is 0. The number of aliphatic hydroxyl groups excluding tert-OH is 5. The minimum absolute atomic E-state index is 0.644. The third-order valence-electron chi connectivity index (χ3n) is 4.62. The molecule has 2 rings (SSSR count). The number of esters is 1. The van der Waals surface area contributed by atoms with Crippen LogP contribution in [0.25, 0.3) is 0 Å². The second-order valence-corrected chi connectivity index (χ2v) is 6.88. The largest absolute Gasteiger partial charge is 0.479 e. The highest BCUT2D eigenvalue weighted by molar-refractivity contribution is 5.75. The number of carbonyl (C=O) groups is 3. The van der Waals surface area contributed by atoms with Gasteiger partial charge in [0.05, 0.1) is 6.61 Å². The molecule has 0 aromatic rings. The topological polar surface area (TPSA) is 222 Å². The molecule has 30 heavy (non-hydrogen) atoms. The Kier molecular flexibility index (Phi) is 8.06. The molecule has 2 saturated heterocycles. The number of amides is 1. The van der Waals surface area contributed by atoms with Crippen LogP contribution >= 0.6 is 0 Å². The fourth-order valence-corrected chi connectivity index (χ4v) is 3.26. The quantitative estimate of drug-likeness (QED) is 0.194. The van der Waals surface area contributed by atoms with Crippen LogP contribution in [-0.4, -0.2) is 116 Å². The predicted molar refractivity (Wildman–Crippen MR) is 90.3 cm³/mol. The maximum absolute atomic E-state index is 11.5. The second-order valence-electron chi connectivity index (χ2n) is 6.88. The van der Waals surface area contributed by atoms with Gasteiger partial charge in [0.15, 0.2) is 24.8 Å². The predicted octanol–water partition coefficient (Wildman–Crippen LogP) is -4.59. The van der Waals surface area contributed by atoms with Crippen molar-refractivity contribution in [2.24, 2.45) is 0 Å². The first-order valence-corrected chi connectivity index (χ1v) is 8.94. The fourth-order valence-electron chi connectivity index (χ4n) is 3.26. The van der Waals surface area contributed by atoms with Gasteiger partial charge in [-0.15, -0.1) is 0 Å². The van der Waals surface area contributed by atoms with Crippen molar-refractivity contribution in [1.29, 1.82) is 0 Å². The SMILES string of the molecule is CC(=O)N[C@@H]1[C@@H](O[C@H]2O[C@H](C(=O)O)[C@H](OC(C)=O)[C@H](O)[C@H]2O)[C@@H](O)[C@@H](CO)O[C@H]1O. The highest BCUT2D eigenvalue weighted by Gasteiger charge is 2.53. The Hall–Kier alpha value is -1.91. The summed E-state index contributed by atoms with van der Waals surface area (Å²) < 4.78 is 20.3. The van der Waals surface area contributed by atoms with Crippen LogP contribution in [0.2, 0.25) is 0 Å². The van der Waals surface area contributed by atoms with Crippen LogP contribution in [0.1, 0.15) is 13.8 Å². The molecule has 2 aliphatic heterocycles. The molecule has 2 heterocycles. The summed E-state index contributed by atoms with van der Waals surface area (Å²) in [6.07, 6.45) is -15.7. The highest BCUT2D eigenvalue weighted by atomic mass is 16.7. The Morgan fingerprint density at radius 1 is 0.967 bits per heavy atom. The van der Waals surface area contributed by atoms with E-state index in [4.69, 9.17) is 18.9 Å². The number of ether oxygens (including phenoxy) is 4. The van der Waals surface area contributed by atoms with E-state index < -0.39 is 85.8 Å². The van der Waals surface area contributed by atoms with Gasteiger partial charge in [0.1, 0.15) is 36.6 Å². The van der Waals surface area contributed by atoms with E-state index in [-0.39, 0.29) is 0 Å². The lowest BCUT2D eigenvalue weighted by molar-refractivity contribution is -0.337. The van der Waals surface area contributed by atoms with Crippen LogP contribution in [0.3, 0.4) is 0 Å². The number of carboxylic acids is 1. The van der Waals surface area contributed by atoms with Crippen molar-refractivity contribution < 1.29 is 64.0 Å². The first-order chi connectivity index (χ1) is 14.0. The zero-order valence-electron chi connectivity index (χ0n) is 16.0. The number of hydrogen-bond acceptors (Lipinski definition) is 12. The summed E-state index contributed by atoms with van der Waals surface area (Å²) in [5.74, 6) is -3.21. The van der Waals surface area contributed by atoms with Crippen LogP contribution in [0.5, 0.6) is 0 Å². The van der Waals surface area contributed by atoms with Crippen LogP contribution < -0.4 is 5.32 Å². The van der Waals surface area contributed by atoms with Gasteiger partial charge in [-0.2, -0.15) is 0 Å². The van der Waals surface area contributed by atoms with E-state index in [1.165, 1.54) is 0 Å². The first kappa shape index (κ1) is 24.4. The maximum Gasteiger partial charge on any atom is 0.336 e. The van der Waals surface area contributed by atoms with Gasteiger partial charge >= 0.3 is 11.9 Å². The van der Waals surface area contributed by atoms with Crippen molar-refractivity contribution in [3.8, 4) is 0 Å². The molecule has 2 aliphatic rings. The minimum Gasteiger partial charge on any atom is -0.479 e. The van der Waals surface area contributed by atoms with E-state index in [1.54, 1.807) is 0 Å². The molecule has 7 N–H and O–H groups in total. The third kappa shape index (κ3) is 5.22. The zero-order valence-corrected chi connectivity index (χ0v) is 16.0. The molecule has 14 nitrogen and oxygen atoms in total. The Balaban J connectivity index is 2.28. The molecule has 0 aliphatic carbocycles. The average Bonchev–Trinajstić information content (AvgIpc) is 2.65. The minimum atomic E-state index is -1.94. The molecule has 2 fully saturated rings. The lowest BCUT2D eigenvalue weighted by Crippen LogP contribution is -2.68. The van der Waals surface area contributed by atoms with Gasteiger partial charge in [-0.05, 0) is 0 Å². The van der Waals surface area contributed by atoms with Gasteiger partial charge in [-0.1, -0.05) is 0 Å². The summed E-state index contributed by atoms with van der Waals surface area (Å²) in [4.78, 5) is 34.1. The molecule has 10 atom stereocenters. The molecule has 1 amide bonds. The van der Waals surface area contributed by atoms with Gasteiger partial charge < -0.3 is 54.9 Å². The highest BCUT2D eigenvalue weighted by Crippen LogP contribution is 2.30. The molecule has 172 valence electrons. The van der Waals surface area contributed by atoms with Crippen LogP contribution in [0, 0.1) is 0 Å². The monoisotopic (exact) mass is 439 g/mol. The van der Waals surface area contributed by atoms with Crippen molar-refractivity contribution in [1.82, 2.24) is 5.32 Å². The van der Waals surface area contributed by atoms with Crippen LogP contribution in [0.4, 0.5) is 0 Å². The van der Waals surface area contributed by atoms with Crippen molar-refractivity contribution in [3.63, 3.8) is 0 Å². The van der Waals surface area contributed by atoms with E-state index in [0.717, 1.165) is 13.8 Å². The fraction of sp³-hybridized carbons (Fsp3) is 0.812. The van der Waals surface area contributed by atoms with Gasteiger partial charge in [0.2, 0.25) is 5.91 Å². The van der Waals surface area contributed by atoms with Crippen molar-refractivity contribution >= 4 is 17.8 Å². The van der Waals surface area contributed by atoms with E-state index in [2.05, 4.69) is 5.32 Å². The van der Waals surface area contributed by atoms with Crippen molar-refractivity contribution in [2.45, 2.75) is 75.2 Å². The molecule has 0 radical (unpaired) electrons. The van der Waals surface area contributed by atoms with Gasteiger partial charge in [0, 0.05) is 13.8 Å². The number of hydrogen-bond donors (Lipinski definition) is 7. The van der Waals surface area contributed by atoms with E-state index in [9.17, 15) is 45.0 Å². The van der Waals surface area contributed by atoms with Gasteiger partial charge in [0.25, 0.3) is 0 Å². The number of carboxylic acid groups (broad SMARTS) is 1. The Morgan fingerprint density at radius 3 is 2.10 bits per heavy atom. The van der Waals surface area contributed by atoms with Gasteiger partial charge in [-0.25, -0.2) is 4.79 Å². The lowest BCUT2D eigenvalue weighted by atomic mass is 9.95. The van der Waals surface area contributed by atoms with Gasteiger partial charge in [-0.3, -0.25) is 9.59 Å². The number of rotatable bonds is 6. The maximum atomic E-state index is 11.5. The van der Waals surface area contributed by atoms with Crippen molar-refractivity contribution in [3.05, 3.63) is 0 Å². The van der Waals surface area contributed by atoms with E-state index in [0.29, 0.717) is 0 Å². The number of aliphatic carboxylic acids is 1. The molecule has 0 aromatic carbocycles. The lowest BCUT2D eigenvalue weighted by Gasteiger charge is -2.46. The van der Waals surface area contributed by atoms with Crippen molar-refractivity contribution in [2.75, 3.05) is 6.61 Å². The molecule has 0 unspecified atom stereocenters. The summed E-state index contributed by atoms with van der Waals surface area (Å²) in [6, 6.07) is -1.40. The third-order valence-corrected chi connectivity index (χ3v) is 4.62. The number of aliphatic hydroxyl groups is 5. The first-order valence-electron chi connectivity index (χ1n) is 8.94. The molecule has 0 bridgehead atoms. The Morgan fingerprint density at radius 2 is 1.60 bits per heavy atom. The van der Waals surface area contributed by atoms with Crippen LogP contribution in [-0.2, 0) is 33.3 Å². The standard InChI is InChI=1S/C16H25NO13/c1-4(19)17-7-11(8(21)6(3-18)28-15(7)26)29-16-10(23)9(22)12(27-5(2)20)13(30-16)14(24)25/h6-13,15-16,18,21-23,26H,3H2,1-2H3,(H,17,19)(H,24,25)/t6-,7-,8+,9-,10-,11-,12-,13+,15-,16+/m1/s1. The Bertz CT molecular complexity index is 645. The molecule has 14 heteroatoms. The summed E-state index contributed by atoms with van der Waals surface area (Å²) in [5, 5.41) is 61.9. The molecule has 0 aromatic heterocycles. The molecular weight excluding hydrogens is 414 g/mol. The zero-order chi connectivity index (χ0) is 22.7. The molecule has 0 spiro atoms. The van der Waals surface area contributed by atoms with Crippen LogP contribution in [0.15, 0.2) is 0 Å². The smallest absolute Gasteiger partial charge is 0.336 e. The summed E-state index contributed by atoms with van der Waals surface area (Å²) in [6.45, 7) is 1.33. The number of carbonyl (C=O) groups excluding carboxylic acids is 2. The second kappa shape index (κ2) is 9.93. The molecule has 0 saturated carbocycles. The van der Waals surface area contributed by atoms with E-state index in [1.807, 2.05) is 0 Å². The summed E-state index contributed by atoms with van der Waals surface area (Å²) >= 11 is 0. The average molecular weight is 439 g/mol.